The van der Waals surface area contributed by atoms with Gasteiger partial charge in [0, 0.05) is 85.8 Å². The van der Waals surface area contributed by atoms with E-state index in [9.17, 15) is 22.8 Å². The van der Waals surface area contributed by atoms with Gasteiger partial charge in [0.1, 0.15) is 0 Å². The van der Waals surface area contributed by atoms with Gasteiger partial charge in [0.15, 0.2) is 0 Å². The van der Waals surface area contributed by atoms with Crippen LogP contribution in [0.1, 0.15) is 72.5 Å². The number of hydrogen-bond acceptors (Lipinski definition) is 6. The molecule has 2 aromatic rings. The first-order valence-corrected chi connectivity index (χ1v) is 18.3. The van der Waals surface area contributed by atoms with Gasteiger partial charge in [0.25, 0.3) is 11.8 Å². The normalized spacial score (nSPS) is 24.0. The molecule has 2 unspecified atom stereocenters. The quantitative estimate of drug-likeness (QED) is 0.524. The van der Waals surface area contributed by atoms with Crippen LogP contribution in [0.3, 0.4) is 0 Å². The second-order valence-electron chi connectivity index (χ2n) is 13.3. The fourth-order valence-electron chi connectivity index (χ4n) is 7.99. The Balaban J connectivity index is 1.29. The topological polar surface area (TPSA) is 121 Å². The third-order valence-corrected chi connectivity index (χ3v) is 11.9. The number of allylic oxidation sites excluding steroid dienone is 5. The van der Waals surface area contributed by atoms with E-state index in [0.717, 1.165) is 36.6 Å². The number of nitrogens with zero attached hydrogens (tertiary/aromatic N) is 4. The highest BCUT2D eigenvalue weighted by molar-refractivity contribution is 7.87. The van der Waals surface area contributed by atoms with Crippen molar-refractivity contribution in [3.05, 3.63) is 71.0 Å². The maximum absolute atomic E-state index is 14.1. The Morgan fingerprint density at radius 2 is 1.60 bits per heavy atom. The summed E-state index contributed by atoms with van der Waals surface area (Å²) in [7, 11) is -4.03. The van der Waals surface area contributed by atoms with Crippen LogP contribution >= 0.6 is 0 Å². The van der Waals surface area contributed by atoms with Crippen molar-refractivity contribution in [1.29, 1.82) is 0 Å². The lowest BCUT2D eigenvalue weighted by Crippen LogP contribution is -2.50. The van der Waals surface area contributed by atoms with Gasteiger partial charge in [-0.05, 0) is 36.5 Å². The maximum Gasteiger partial charge on any atom is 0.304 e. The number of hydrogen-bond donors (Lipinski definition) is 1. The van der Waals surface area contributed by atoms with Gasteiger partial charge >= 0.3 is 10.2 Å². The van der Waals surface area contributed by atoms with E-state index in [4.69, 9.17) is 4.74 Å². The number of rotatable bonds is 5. The van der Waals surface area contributed by atoms with E-state index in [1.54, 1.807) is 24.0 Å². The third kappa shape index (κ3) is 6.18. The minimum Gasteiger partial charge on any atom is -0.379 e. The molecule has 1 saturated carbocycles. The second-order valence-corrected chi connectivity index (χ2v) is 14.9. The third-order valence-electron chi connectivity index (χ3n) is 10.5. The summed E-state index contributed by atoms with van der Waals surface area (Å²) in [4.78, 5) is 43.2. The van der Waals surface area contributed by atoms with E-state index in [1.807, 2.05) is 17.0 Å². The fraction of sp³-hybridized carbons (Fsp3) is 0.514. The number of benzene rings is 1. The van der Waals surface area contributed by atoms with E-state index >= 15 is 0 Å². The summed E-state index contributed by atoms with van der Waals surface area (Å²) in [6.45, 7) is 4.84. The summed E-state index contributed by atoms with van der Waals surface area (Å²) >= 11 is 0. The number of morpholine rings is 1. The van der Waals surface area contributed by atoms with Crippen LogP contribution in [0.4, 0.5) is 0 Å². The number of amides is 3. The number of carbonyl (C=O) groups is 3. The predicted molar refractivity (Wildman–Crippen MR) is 178 cm³/mol. The number of aromatic nitrogens is 1. The lowest BCUT2D eigenvalue weighted by Gasteiger charge is -2.34. The van der Waals surface area contributed by atoms with E-state index in [2.05, 4.69) is 33.6 Å². The molecule has 1 aromatic heterocycles. The van der Waals surface area contributed by atoms with Crippen LogP contribution in [0, 0.1) is 5.92 Å². The van der Waals surface area contributed by atoms with Crippen molar-refractivity contribution in [3.63, 3.8) is 0 Å². The Bertz CT molecular complexity index is 1770. The van der Waals surface area contributed by atoms with E-state index in [1.165, 1.54) is 22.0 Å². The van der Waals surface area contributed by atoms with Gasteiger partial charge in [0.05, 0.1) is 19.8 Å². The highest BCUT2D eigenvalue weighted by atomic mass is 32.2. The van der Waals surface area contributed by atoms with E-state index < -0.39 is 16.1 Å². The minimum atomic E-state index is -4.03. The average molecular weight is 662 g/mol. The molecule has 3 fully saturated rings. The first-order chi connectivity index (χ1) is 22.7. The number of carbonyl (C=O) groups excluding carboxylic acids is 3. The molecule has 2 saturated heterocycles. The van der Waals surface area contributed by atoms with Crippen molar-refractivity contribution < 1.29 is 27.5 Å². The summed E-state index contributed by atoms with van der Waals surface area (Å²) in [6.07, 6.45) is 16.3. The van der Waals surface area contributed by atoms with Gasteiger partial charge in [-0.2, -0.15) is 12.7 Å². The van der Waals surface area contributed by atoms with Gasteiger partial charge in [-0.1, -0.05) is 55.7 Å². The van der Waals surface area contributed by atoms with Crippen molar-refractivity contribution in [2.75, 3.05) is 52.5 Å². The number of fused-ring (bicyclic) bond motifs is 5. The Hall–Kier alpha value is -3.74. The first-order valence-electron chi connectivity index (χ1n) is 16.9. The van der Waals surface area contributed by atoms with E-state index in [0.29, 0.717) is 44.2 Å². The van der Waals surface area contributed by atoms with Gasteiger partial charge < -0.3 is 19.1 Å². The standard InChI is InChI=1S/C35H43N5O6S/c1-24(41)37-13-15-38(16-14-37)35(43)28-21-26-9-5-6-10-29(26)33-32(25-7-3-2-4-8-25)30-12-11-27(22-31(30)40(33)23-28)34(42)36-47(44,45)39-17-19-46-20-18-39/h5-6,9-12,21-22,25-26,29H,2-4,7-8,13-20,23H2,1H3,(H,36,42). The molecule has 0 bridgehead atoms. The molecule has 3 amide bonds. The molecule has 7 rings (SSSR count). The summed E-state index contributed by atoms with van der Waals surface area (Å²) in [5, 5.41) is 1.06. The van der Waals surface area contributed by atoms with Crippen molar-refractivity contribution in [2.24, 2.45) is 5.92 Å². The molecule has 1 N–H and O–H groups in total. The molecule has 0 spiro atoms. The first kappa shape index (κ1) is 31.8. The highest BCUT2D eigenvalue weighted by Gasteiger charge is 2.36. The van der Waals surface area contributed by atoms with Crippen LogP contribution in [0.15, 0.2) is 54.2 Å². The molecule has 2 atom stereocenters. The van der Waals surface area contributed by atoms with Crippen molar-refractivity contribution in [3.8, 4) is 0 Å². The van der Waals surface area contributed by atoms with Crippen molar-refractivity contribution in [1.82, 2.24) is 23.4 Å². The molecule has 4 heterocycles. The van der Waals surface area contributed by atoms with Gasteiger partial charge in [-0.15, -0.1) is 0 Å². The molecule has 0 radical (unpaired) electrons. The van der Waals surface area contributed by atoms with Crippen molar-refractivity contribution in [2.45, 2.75) is 57.4 Å². The molecule has 3 aliphatic heterocycles. The molecule has 250 valence electrons. The molecule has 47 heavy (non-hydrogen) atoms. The molecule has 11 nitrogen and oxygen atoms in total. The number of ether oxygens (including phenoxy) is 1. The Morgan fingerprint density at radius 1 is 0.894 bits per heavy atom. The van der Waals surface area contributed by atoms with Crippen molar-refractivity contribution >= 4 is 38.8 Å². The van der Waals surface area contributed by atoms with E-state index in [-0.39, 0.29) is 55.5 Å². The average Bonchev–Trinajstić information content (AvgIpc) is 3.30. The molecule has 12 heteroatoms. The van der Waals surface area contributed by atoms with Crippen LogP contribution in [-0.4, -0.2) is 97.3 Å². The molecular weight excluding hydrogens is 618 g/mol. The second kappa shape index (κ2) is 13.0. The smallest absolute Gasteiger partial charge is 0.304 e. The molecule has 5 aliphatic rings. The van der Waals surface area contributed by atoms with Crippen LogP contribution in [-0.2, 0) is 31.1 Å². The SMILES string of the molecule is CC(=O)N1CCN(C(=O)C2=CC3C=CC=CC3c3c(C4CCCCC4)c4ccc(C(=O)NS(=O)(=O)N5CCOCC5)cc4n3C2)CC1. The van der Waals surface area contributed by atoms with Gasteiger partial charge in [-0.25, -0.2) is 4.72 Å². The highest BCUT2D eigenvalue weighted by Crippen LogP contribution is 2.47. The van der Waals surface area contributed by atoms with Crippen LogP contribution in [0.25, 0.3) is 10.9 Å². The Morgan fingerprint density at radius 3 is 2.32 bits per heavy atom. The zero-order valence-corrected chi connectivity index (χ0v) is 27.7. The fourth-order valence-corrected chi connectivity index (χ4v) is 9.10. The monoisotopic (exact) mass is 661 g/mol. The Kier molecular flexibility index (Phi) is 8.84. The Labute approximate surface area is 276 Å². The molecule has 2 aliphatic carbocycles. The van der Waals surface area contributed by atoms with Gasteiger partial charge in [-0.3, -0.25) is 14.4 Å². The lowest BCUT2D eigenvalue weighted by atomic mass is 9.77. The van der Waals surface area contributed by atoms with Crippen LogP contribution in [0.5, 0.6) is 0 Å². The van der Waals surface area contributed by atoms with Crippen LogP contribution < -0.4 is 4.72 Å². The molecular formula is C35H43N5O6S. The number of piperazine rings is 1. The minimum absolute atomic E-state index is 0.00760. The zero-order chi connectivity index (χ0) is 32.7. The summed E-state index contributed by atoms with van der Waals surface area (Å²) < 4.78 is 37.1. The summed E-state index contributed by atoms with van der Waals surface area (Å²) in [5.41, 5.74) is 4.24. The number of nitrogens with one attached hydrogen (secondary N) is 1. The summed E-state index contributed by atoms with van der Waals surface area (Å²) in [6, 6.07) is 5.50. The summed E-state index contributed by atoms with van der Waals surface area (Å²) in [5.74, 6) is -0.329. The maximum atomic E-state index is 14.1. The molecule has 1 aromatic carbocycles. The zero-order valence-electron chi connectivity index (χ0n) is 26.9. The largest absolute Gasteiger partial charge is 0.379 e. The van der Waals surface area contributed by atoms with Crippen LogP contribution in [0.2, 0.25) is 0 Å². The predicted octanol–water partition coefficient (Wildman–Crippen LogP) is 3.45. The van der Waals surface area contributed by atoms with Gasteiger partial charge in [0.2, 0.25) is 5.91 Å². The lowest BCUT2D eigenvalue weighted by molar-refractivity contribution is -0.136.